The first-order valence-corrected chi connectivity index (χ1v) is 27.5. The molecule has 304 valence electrons. The van der Waals surface area contributed by atoms with Gasteiger partial charge in [-0.15, -0.1) is 0 Å². The van der Waals surface area contributed by atoms with Crippen LogP contribution in [-0.2, 0) is 13.6 Å². The fraction of sp³-hybridized carbons (Fsp3) is 0.688. The molecular formula is C48H75NO4Si2. The minimum atomic E-state index is -2.01. The Balaban J connectivity index is 1.17. The molecule has 1 aromatic carbocycles. The van der Waals surface area contributed by atoms with Crippen LogP contribution in [0.1, 0.15) is 125 Å². The number of ether oxygens (including phenoxy) is 1. The molecule has 1 aromatic rings. The number of rotatable bonds is 11. The molecule has 4 fully saturated rings. The van der Waals surface area contributed by atoms with E-state index in [1.54, 1.807) is 5.57 Å². The Kier molecular flexibility index (Phi) is 12.1. The summed E-state index contributed by atoms with van der Waals surface area (Å²) < 4.78 is 20.4. The summed E-state index contributed by atoms with van der Waals surface area (Å²) >= 11 is 0. The number of fused-ring (bicyclic) bond motifs is 1. The number of hydrogen-bond donors (Lipinski definition) is 1. The molecule has 0 bridgehead atoms. The maximum atomic E-state index is 11.6. The molecule has 1 heterocycles. The van der Waals surface area contributed by atoms with Gasteiger partial charge in [0.1, 0.15) is 12.6 Å². The second-order valence-electron chi connectivity index (χ2n) is 21.4. The Bertz CT molecular complexity index is 1670. The molecule has 8 atom stereocenters. The highest BCUT2D eigenvalue weighted by Crippen LogP contribution is 2.60. The van der Waals surface area contributed by atoms with E-state index in [-0.39, 0.29) is 39.2 Å². The first-order chi connectivity index (χ1) is 25.6. The third-order valence-corrected chi connectivity index (χ3v) is 24.6. The van der Waals surface area contributed by atoms with Crippen molar-refractivity contribution in [3.63, 3.8) is 0 Å². The molecule has 55 heavy (non-hydrogen) atoms. The third-order valence-electron chi connectivity index (χ3n) is 15.6. The lowest BCUT2D eigenvalue weighted by molar-refractivity contribution is 0.0969. The van der Waals surface area contributed by atoms with Crippen LogP contribution in [-0.4, -0.2) is 52.6 Å². The predicted molar refractivity (Wildman–Crippen MR) is 235 cm³/mol. The van der Waals surface area contributed by atoms with Gasteiger partial charge in [-0.2, -0.15) is 0 Å². The minimum Gasteiger partial charge on any atom is -0.478 e. The largest absolute Gasteiger partial charge is 0.478 e. The fourth-order valence-corrected chi connectivity index (χ4v) is 12.4. The average Bonchev–Trinajstić information content (AvgIpc) is 3.60. The van der Waals surface area contributed by atoms with E-state index in [0.29, 0.717) is 24.4 Å². The van der Waals surface area contributed by atoms with Gasteiger partial charge >= 0.3 is 0 Å². The molecule has 0 aromatic heterocycles. The fourth-order valence-electron chi connectivity index (χ4n) is 9.77. The number of benzene rings is 1. The van der Waals surface area contributed by atoms with Gasteiger partial charge in [0.15, 0.2) is 22.5 Å². The zero-order chi connectivity index (χ0) is 40.2. The Hall–Kier alpha value is -2.04. The molecule has 5 aliphatic rings. The molecule has 6 rings (SSSR count). The van der Waals surface area contributed by atoms with Crippen LogP contribution in [0.2, 0.25) is 36.3 Å². The normalized spacial score (nSPS) is 32.8. The number of hydrogen-bond acceptors (Lipinski definition) is 5. The first kappa shape index (κ1) is 42.6. The van der Waals surface area contributed by atoms with Gasteiger partial charge in [-0.3, -0.25) is 0 Å². The van der Waals surface area contributed by atoms with Crippen molar-refractivity contribution in [1.82, 2.24) is 0 Å². The quantitative estimate of drug-likeness (QED) is 0.179. The van der Waals surface area contributed by atoms with Crippen molar-refractivity contribution in [3.05, 3.63) is 83.5 Å². The molecule has 0 unspecified atom stereocenters. The summed E-state index contributed by atoms with van der Waals surface area (Å²) in [6, 6.07) is 10.4. The maximum absolute atomic E-state index is 11.6. The van der Waals surface area contributed by atoms with E-state index >= 15 is 0 Å². The summed E-state index contributed by atoms with van der Waals surface area (Å²) in [5.74, 6) is 2.32. The Morgan fingerprint density at radius 1 is 0.927 bits per heavy atom. The van der Waals surface area contributed by atoms with E-state index in [1.807, 2.05) is 6.07 Å². The lowest BCUT2D eigenvalue weighted by Crippen LogP contribution is -2.49. The second kappa shape index (κ2) is 15.6. The van der Waals surface area contributed by atoms with Crippen LogP contribution in [0.25, 0.3) is 0 Å². The van der Waals surface area contributed by atoms with Crippen molar-refractivity contribution in [2.24, 2.45) is 33.6 Å². The second-order valence-corrected chi connectivity index (χ2v) is 30.9. The van der Waals surface area contributed by atoms with E-state index in [0.717, 1.165) is 37.2 Å². The summed E-state index contributed by atoms with van der Waals surface area (Å²) in [5, 5.41) is 11.8. The zero-order valence-electron chi connectivity index (χ0n) is 36.6. The molecule has 7 heteroatoms. The molecule has 0 spiro atoms. The average molecular weight is 786 g/mol. The number of aliphatic hydroxyl groups is 1. The van der Waals surface area contributed by atoms with E-state index in [4.69, 9.17) is 25.2 Å². The smallest absolute Gasteiger partial charge is 0.193 e. The monoisotopic (exact) mass is 786 g/mol. The summed E-state index contributed by atoms with van der Waals surface area (Å²) in [4.78, 5) is 4.98. The SMILES string of the molecule is C=C1/C(=C\C=C2/CCC[C@]3(C)[C@@H]([C@H](C)/C=C/[C@H](O)C4(C5=N[C@H](c6ccccc6)CO5)CC4)CC[C@@H]23)C[C@@H](O[Si](C)(C)C(C)(C)C)C[C@@H]1O[Si](C)(C)C(C)(C)C. The number of aliphatic imine (C=N–C) groups is 1. The van der Waals surface area contributed by atoms with Gasteiger partial charge in [0, 0.05) is 6.42 Å². The van der Waals surface area contributed by atoms with Gasteiger partial charge in [0.2, 0.25) is 0 Å². The van der Waals surface area contributed by atoms with Crippen LogP contribution in [0, 0.1) is 28.6 Å². The predicted octanol–water partition coefficient (Wildman–Crippen LogP) is 12.7. The van der Waals surface area contributed by atoms with Crippen molar-refractivity contribution in [1.29, 1.82) is 0 Å². The van der Waals surface area contributed by atoms with Crippen LogP contribution in [0.4, 0.5) is 0 Å². The maximum Gasteiger partial charge on any atom is 0.193 e. The molecule has 4 saturated carbocycles. The molecule has 0 radical (unpaired) electrons. The Morgan fingerprint density at radius 3 is 2.22 bits per heavy atom. The molecule has 1 aliphatic heterocycles. The number of aliphatic hydroxyl groups excluding tert-OH is 1. The number of nitrogens with zero attached hydrogens (tertiary/aromatic N) is 1. The third kappa shape index (κ3) is 8.72. The highest BCUT2D eigenvalue weighted by molar-refractivity contribution is 6.74. The van der Waals surface area contributed by atoms with Crippen molar-refractivity contribution >= 4 is 22.5 Å². The number of allylic oxidation sites excluding steroid dienone is 4. The molecule has 1 N–H and O–H groups in total. The summed E-state index contributed by atoms with van der Waals surface area (Å²) in [6.07, 6.45) is 18.7. The van der Waals surface area contributed by atoms with Crippen molar-refractivity contribution in [2.75, 3.05) is 6.61 Å². The van der Waals surface area contributed by atoms with E-state index in [1.165, 1.54) is 43.2 Å². The molecular weight excluding hydrogens is 711 g/mol. The molecule has 0 amide bonds. The lowest BCUT2D eigenvalue weighted by atomic mass is 9.61. The molecule has 4 aliphatic carbocycles. The first-order valence-electron chi connectivity index (χ1n) is 21.6. The Morgan fingerprint density at radius 2 is 1.58 bits per heavy atom. The Labute approximate surface area is 337 Å². The van der Waals surface area contributed by atoms with Crippen LogP contribution in [0.5, 0.6) is 0 Å². The van der Waals surface area contributed by atoms with E-state index < -0.39 is 22.7 Å². The van der Waals surface area contributed by atoms with Gasteiger partial charge in [-0.05, 0) is 128 Å². The topological polar surface area (TPSA) is 60.3 Å². The van der Waals surface area contributed by atoms with Crippen LogP contribution in [0.15, 0.2) is 82.9 Å². The van der Waals surface area contributed by atoms with Crippen molar-refractivity contribution < 1.29 is 18.7 Å². The van der Waals surface area contributed by atoms with Crippen molar-refractivity contribution in [2.45, 2.75) is 174 Å². The zero-order valence-corrected chi connectivity index (χ0v) is 38.6. The highest BCUT2D eigenvalue weighted by Gasteiger charge is 2.56. The van der Waals surface area contributed by atoms with E-state index in [2.05, 4.69) is 130 Å². The summed E-state index contributed by atoms with van der Waals surface area (Å²) in [5.41, 5.74) is 5.16. The van der Waals surface area contributed by atoms with Gasteiger partial charge in [0.05, 0.1) is 23.7 Å². The van der Waals surface area contributed by atoms with Crippen molar-refractivity contribution in [3.8, 4) is 0 Å². The van der Waals surface area contributed by atoms with E-state index in [9.17, 15) is 5.11 Å². The van der Waals surface area contributed by atoms with Gasteiger partial charge in [-0.1, -0.05) is 122 Å². The van der Waals surface area contributed by atoms with Crippen LogP contribution in [0.3, 0.4) is 0 Å². The summed E-state index contributed by atoms with van der Waals surface area (Å²) in [6.45, 7) is 33.7. The van der Waals surface area contributed by atoms with Gasteiger partial charge < -0.3 is 18.7 Å². The standard InChI is InChI=1S/C48H75NO4Si2/c1-33(21-26-43(50)48(28-29-48)44-49-41(32-51-44)36-18-15-14-16-19-36)39-24-25-40-35(20-17-27-47(39,40)9)22-23-37-30-38(52-54(10,11)45(3,4)5)31-42(34(37)2)53-55(12,13)46(6,7)8/h14-16,18-19,21-23,26,33,38-43,50H,2,17,20,24-25,27-32H2,1,3-13H3/b26-21+,35-22+,37-23-/t33-,38-,39-,40+,41+,42+,43+,47-/m1/s1. The molecule has 5 nitrogen and oxygen atoms in total. The van der Waals surface area contributed by atoms with Crippen LogP contribution >= 0.6 is 0 Å². The molecule has 0 saturated heterocycles. The summed E-state index contributed by atoms with van der Waals surface area (Å²) in [7, 11) is -3.98. The van der Waals surface area contributed by atoms with Crippen LogP contribution < -0.4 is 0 Å². The highest BCUT2D eigenvalue weighted by atomic mass is 28.4. The lowest BCUT2D eigenvalue weighted by Gasteiger charge is -2.45. The minimum absolute atomic E-state index is 0.00287. The van der Waals surface area contributed by atoms with Gasteiger partial charge in [-0.25, -0.2) is 4.99 Å². The van der Waals surface area contributed by atoms with Gasteiger partial charge in [0.25, 0.3) is 0 Å².